The van der Waals surface area contributed by atoms with Crippen LogP contribution >= 0.6 is 0 Å². The number of nitrogens with one attached hydrogen (secondary N) is 2. The fourth-order valence-electron chi connectivity index (χ4n) is 3.83. The van der Waals surface area contributed by atoms with Crippen LogP contribution in [0.2, 0.25) is 0 Å². The molecule has 0 radical (unpaired) electrons. The Labute approximate surface area is 209 Å². The van der Waals surface area contributed by atoms with Gasteiger partial charge in [-0.3, -0.25) is 4.72 Å². The highest BCUT2D eigenvalue weighted by atomic mass is 32.2. The zero-order valence-electron chi connectivity index (χ0n) is 20.8. The highest BCUT2D eigenvalue weighted by Gasteiger charge is 2.26. The first-order valence-corrected chi connectivity index (χ1v) is 14.9. The van der Waals surface area contributed by atoms with Gasteiger partial charge < -0.3 is 9.47 Å². The molecule has 0 unspecified atom stereocenters. The van der Waals surface area contributed by atoms with Crippen molar-refractivity contribution in [3.63, 3.8) is 0 Å². The molecule has 35 heavy (non-hydrogen) atoms. The lowest BCUT2D eigenvalue weighted by Crippen LogP contribution is -2.40. The Morgan fingerprint density at radius 2 is 1.71 bits per heavy atom. The van der Waals surface area contributed by atoms with Gasteiger partial charge in [0, 0.05) is 18.8 Å². The van der Waals surface area contributed by atoms with Crippen LogP contribution in [-0.4, -0.2) is 47.9 Å². The van der Waals surface area contributed by atoms with E-state index in [2.05, 4.69) is 9.44 Å². The Kier molecular flexibility index (Phi) is 8.85. The van der Waals surface area contributed by atoms with Crippen molar-refractivity contribution in [2.45, 2.75) is 57.4 Å². The lowest BCUT2D eigenvalue weighted by atomic mass is 10.0. The molecule has 1 heterocycles. The maximum atomic E-state index is 12.9. The molecule has 0 spiro atoms. The number of hydrogen-bond donors (Lipinski definition) is 2. The van der Waals surface area contributed by atoms with E-state index in [0.29, 0.717) is 18.3 Å². The van der Waals surface area contributed by atoms with Crippen LogP contribution in [0.25, 0.3) is 0 Å². The van der Waals surface area contributed by atoms with E-state index < -0.39 is 25.6 Å². The van der Waals surface area contributed by atoms with E-state index in [1.54, 1.807) is 32.9 Å². The lowest BCUT2D eigenvalue weighted by molar-refractivity contribution is 0.0496. The standard InChI is InChI=1S/C25H36N2O6S2/c1-19-9-10-21(23(17-19)33-18-20-11-14-32-15-12-20)13-16-34(28,29)26-22-7-5-6-8-24(22)35(30,31)27-25(2,3)4/h5-10,17,20,26-27H,11-16,18H2,1-4H3. The number of aryl methyl sites for hydroxylation is 2. The molecule has 0 bridgehead atoms. The van der Waals surface area contributed by atoms with Gasteiger partial charge in [0.05, 0.1) is 18.0 Å². The molecule has 2 aromatic carbocycles. The van der Waals surface area contributed by atoms with Crippen LogP contribution in [0, 0.1) is 12.8 Å². The summed E-state index contributed by atoms with van der Waals surface area (Å²) in [7, 11) is -7.76. The summed E-state index contributed by atoms with van der Waals surface area (Å²) in [6, 6.07) is 11.7. The number of ether oxygens (including phenoxy) is 2. The van der Waals surface area contributed by atoms with Crippen molar-refractivity contribution >= 4 is 25.7 Å². The number of benzene rings is 2. The minimum atomic E-state index is -3.92. The first-order chi connectivity index (χ1) is 16.3. The van der Waals surface area contributed by atoms with Crippen molar-refractivity contribution in [3.8, 4) is 5.75 Å². The molecule has 1 fully saturated rings. The number of sulfonamides is 2. The summed E-state index contributed by atoms with van der Waals surface area (Å²) >= 11 is 0. The molecule has 2 N–H and O–H groups in total. The van der Waals surface area contributed by atoms with Crippen LogP contribution < -0.4 is 14.2 Å². The summed E-state index contributed by atoms with van der Waals surface area (Å²) in [6.45, 7) is 9.17. The number of rotatable bonds is 10. The van der Waals surface area contributed by atoms with E-state index in [1.165, 1.54) is 12.1 Å². The van der Waals surface area contributed by atoms with E-state index in [-0.39, 0.29) is 22.8 Å². The molecule has 1 saturated heterocycles. The maximum Gasteiger partial charge on any atom is 0.243 e. The molecule has 10 heteroatoms. The first-order valence-electron chi connectivity index (χ1n) is 11.8. The molecule has 2 aromatic rings. The van der Waals surface area contributed by atoms with Gasteiger partial charge in [-0.1, -0.05) is 24.3 Å². The molecule has 0 aliphatic carbocycles. The Morgan fingerprint density at radius 3 is 2.40 bits per heavy atom. The smallest absolute Gasteiger partial charge is 0.243 e. The Balaban J connectivity index is 1.71. The minimum Gasteiger partial charge on any atom is -0.493 e. The largest absolute Gasteiger partial charge is 0.493 e. The number of hydrogen-bond acceptors (Lipinski definition) is 6. The van der Waals surface area contributed by atoms with Gasteiger partial charge in [0.15, 0.2) is 0 Å². The highest BCUT2D eigenvalue weighted by molar-refractivity contribution is 7.93. The minimum absolute atomic E-state index is 0.0177. The van der Waals surface area contributed by atoms with Gasteiger partial charge in [-0.15, -0.1) is 0 Å². The summed E-state index contributed by atoms with van der Waals surface area (Å²) in [4.78, 5) is -0.116. The molecule has 3 rings (SSSR count). The van der Waals surface area contributed by atoms with E-state index in [1.807, 2.05) is 25.1 Å². The predicted molar refractivity (Wildman–Crippen MR) is 138 cm³/mol. The monoisotopic (exact) mass is 524 g/mol. The van der Waals surface area contributed by atoms with E-state index in [0.717, 1.165) is 37.2 Å². The van der Waals surface area contributed by atoms with Crippen molar-refractivity contribution in [2.75, 3.05) is 30.3 Å². The van der Waals surface area contributed by atoms with Crippen LogP contribution in [0.15, 0.2) is 47.4 Å². The summed E-state index contributed by atoms with van der Waals surface area (Å²) in [5, 5.41) is 0. The summed E-state index contributed by atoms with van der Waals surface area (Å²) in [5.41, 5.74) is 1.13. The van der Waals surface area contributed by atoms with Crippen molar-refractivity contribution in [1.82, 2.24) is 4.72 Å². The zero-order chi connectivity index (χ0) is 25.7. The molecule has 194 valence electrons. The zero-order valence-corrected chi connectivity index (χ0v) is 22.5. The van der Waals surface area contributed by atoms with Crippen molar-refractivity contribution in [2.24, 2.45) is 5.92 Å². The van der Waals surface area contributed by atoms with Crippen LogP contribution in [0.4, 0.5) is 5.69 Å². The second kappa shape index (κ2) is 11.3. The Bertz CT molecular complexity index is 1210. The average molecular weight is 525 g/mol. The predicted octanol–water partition coefficient (Wildman–Crippen LogP) is 3.86. The molecule has 8 nitrogen and oxygen atoms in total. The second-order valence-corrected chi connectivity index (χ2v) is 13.5. The highest BCUT2D eigenvalue weighted by Crippen LogP contribution is 2.26. The van der Waals surface area contributed by atoms with Gasteiger partial charge in [-0.05, 0) is 82.2 Å². The SMILES string of the molecule is Cc1ccc(CCS(=O)(=O)Nc2ccccc2S(=O)(=O)NC(C)(C)C)c(OCC2CCOCC2)c1. The topological polar surface area (TPSA) is 111 Å². The molecule has 0 saturated carbocycles. The Morgan fingerprint density at radius 1 is 1.03 bits per heavy atom. The molecule has 1 aliphatic heterocycles. The number of para-hydroxylation sites is 1. The van der Waals surface area contributed by atoms with E-state index in [4.69, 9.17) is 9.47 Å². The van der Waals surface area contributed by atoms with Gasteiger partial charge in [0.2, 0.25) is 20.0 Å². The third-order valence-corrected chi connectivity index (χ3v) is 8.65. The Hall–Kier alpha value is -2.14. The van der Waals surface area contributed by atoms with Crippen LogP contribution in [-0.2, 0) is 31.2 Å². The normalized spacial score (nSPS) is 15.7. The molecule has 0 atom stereocenters. The summed E-state index contributed by atoms with van der Waals surface area (Å²) in [5.74, 6) is 0.886. The van der Waals surface area contributed by atoms with Gasteiger partial charge in [0.25, 0.3) is 0 Å². The molecular formula is C25H36N2O6S2. The summed E-state index contributed by atoms with van der Waals surface area (Å²) in [6.07, 6.45) is 2.13. The summed E-state index contributed by atoms with van der Waals surface area (Å²) < 4.78 is 68.1. The van der Waals surface area contributed by atoms with E-state index >= 15 is 0 Å². The first kappa shape index (κ1) is 27.4. The quantitative estimate of drug-likeness (QED) is 0.488. The average Bonchev–Trinajstić information content (AvgIpc) is 2.76. The molecule has 1 aliphatic rings. The molecule has 0 amide bonds. The van der Waals surface area contributed by atoms with Crippen LogP contribution in [0.1, 0.15) is 44.7 Å². The van der Waals surface area contributed by atoms with Gasteiger partial charge in [0.1, 0.15) is 10.6 Å². The van der Waals surface area contributed by atoms with Gasteiger partial charge >= 0.3 is 0 Å². The van der Waals surface area contributed by atoms with Crippen molar-refractivity contribution < 1.29 is 26.3 Å². The molecular weight excluding hydrogens is 488 g/mol. The van der Waals surface area contributed by atoms with Crippen LogP contribution in [0.5, 0.6) is 5.75 Å². The van der Waals surface area contributed by atoms with Crippen molar-refractivity contribution in [1.29, 1.82) is 0 Å². The van der Waals surface area contributed by atoms with Gasteiger partial charge in [-0.2, -0.15) is 0 Å². The van der Waals surface area contributed by atoms with Gasteiger partial charge in [-0.25, -0.2) is 21.6 Å². The van der Waals surface area contributed by atoms with Crippen molar-refractivity contribution in [3.05, 3.63) is 53.6 Å². The lowest BCUT2D eigenvalue weighted by Gasteiger charge is -2.23. The third kappa shape index (κ3) is 8.49. The van der Waals surface area contributed by atoms with E-state index in [9.17, 15) is 16.8 Å². The van der Waals surface area contributed by atoms with Crippen LogP contribution in [0.3, 0.4) is 0 Å². The number of anilines is 1. The third-order valence-electron chi connectivity index (χ3n) is 5.56. The maximum absolute atomic E-state index is 12.9. The fraction of sp³-hybridized carbons (Fsp3) is 0.520. The second-order valence-electron chi connectivity index (χ2n) is 10.0. The fourth-order valence-corrected chi connectivity index (χ4v) is 6.58. The molecule has 0 aromatic heterocycles.